The van der Waals surface area contributed by atoms with Crippen molar-refractivity contribution in [1.29, 1.82) is 0 Å². The third-order valence-corrected chi connectivity index (χ3v) is 6.87. The van der Waals surface area contributed by atoms with Crippen LogP contribution in [-0.4, -0.2) is 85.8 Å². The Morgan fingerprint density at radius 1 is 1.18 bits per heavy atom. The summed E-state index contributed by atoms with van der Waals surface area (Å²) in [6.07, 6.45) is 1.20. The van der Waals surface area contributed by atoms with Gasteiger partial charge in [-0.2, -0.15) is 0 Å². The first kappa shape index (κ1) is 28.5. The van der Waals surface area contributed by atoms with Crippen LogP contribution < -0.4 is 21.3 Å². The number of hydrazine groups is 1. The molecule has 1 fully saturated rings. The predicted molar refractivity (Wildman–Crippen MR) is 150 cm³/mol. The Kier molecular flexibility index (Phi) is 8.53. The highest BCUT2D eigenvalue weighted by Crippen LogP contribution is 2.43. The summed E-state index contributed by atoms with van der Waals surface area (Å²) in [5.41, 5.74) is 8.21. The molecule has 0 atom stereocenters. The van der Waals surface area contributed by atoms with E-state index in [2.05, 4.69) is 9.88 Å². The quantitative estimate of drug-likeness (QED) is 0.261. The fourth-order valence-electron chi connectivity index (χ4n) is 5.00. The summed E-state index contributed by atoms with van der Waals surface area (Å²) in [5.74, 6) is 6.36. The summed E-state index contributed by atoms with van der Waals surface area (Å²) in [6.45, 7) is 12.5. The van der Waals surface area contributed by atoms with Crippen molar-refractivity contribution < 1.29 is 23.8 Å². The van der Waals surface area contributed by atoms with Gasteiger partial charge in [-0.1, -0.05) is 13.8 Å². The van der Waals surface area contributed by atoms with E-state index in [0.29, 0.717) is 40.7 Å². The minimum Gasteiger partial charge on any atom is -0.492 e. The molecule has 2 aliphatic rings. The molecule has 1 amide bonds. The zero-order chi connectivity index (χ0) is 28.3. The highest BCUT2D eigenvalue weighted by atomic mass is 16.5. The zero-order valence-electron chi connectivity index (χ0n) is 23.5. The lowest BCUT2D eigenvalue weighted by Gasteiger charge is -2.30. The van der Waals surface area contributed by atoms with Crippen LogP contribution in [0.25, 0.3) is 5.57 Å². The van der Waals surface area contributed by atoms with Gasteiger partial charge in [-0.15, -0.1) is 0 Å². The van der Waals surface area contributed by atoms with Gasteiger partial charge >= 0.3 is 5.97 Å². The molecule has 0 unspecified atom stereocenters. The van der Waals surface area contributed by atoms with Gasteiger partial charge in [0.25, 0.3) is 5.91 Å². The fraction of sp³-hybridized carbons (Fsp3) is 0.500. The van der Waals surface area contributed by atoms with E-state index in [1.54, 1.807) is 56.3 Å². The normalized spacial score (nSPS) is 17.3. The van der Waals surface area contributed by atoms with Gasteiger partial charge in [-0.05, 0) is 38.1 Å². The number of aromatic amines is 1. The number of hydrogen-bond acceptors (Lipinski definition) is 9. The van der Waals surface area contributed by atoms with E-state index in [9.17, 15) is 9.59 Å². The molecule has 2 aromatic rings. The Labute approximate surface area is 229 Å². The van der Waals surface area contributed by atoms with E-state index in [4.69, 9.17) is 25.8 Å². The molecule has 212 valence electrons. The lowest BCUT2D eigenvalue weighted by molar-refractivity contribution is -0.140. The van der Waals surface area contributed by atoms with Crippen molar-refractivity contribution in [2.75, 3.05) is 63.8 Å². The second-order valence-corrected chi connectivity index (χ2v) is 10.9. The largest absolute Gasteiger partial charge is 0.492 e. The maximum absolute atomic E-state index is 13.7. The standard InChI is InChI=1S/C28H40N6O5/c1-18(2)39-27(36)21-16-34(17-28(3,4)22-23(29)25(32(5)30)31-24(21)22)26(35)19-6-8-20(9-7-19)38-15-12-33-10-13-37-14-11-33/h6-9,16,18,31H,10-15,17,29-30H2,1-5H3. The molecule has 11 heteroatoms. The maximum atomic E-state index is 13.7. The summed E-state index contributed by atoms with van der Waals surface area (Å²) >= 11 is 0. The van der Waals surface area contributed by atoms with E-state index in [-0.39, 0.29) is 24.1 Å². The first-order chi connectivity index (χ1) is 18.5. The van der Waals surface area contributed by atoms with Crippen molar-refractivity contribution in [2.45, 2.75) is 39.2 Å². The van der Waals surface area contributed by atoms with Gasteiger partial charge in [-0.25, -0.2) is 10.6 Å². The summed E-state index contributed by atoms with van der Waals surface area (Å²) < 4.78 is 16.8. The smallest absolute Gasteiger partial charge is 0.342 e. The third-order valence-electron chi connectivity index (χ3n) is 6.87. The van der Waals surface area contributed by atoms with E-state index in [1.807, 2.05) is 13.8 Å². The highest BCUT2D eigenvalue weighted by Gasteiger charge is 2.39. The number of esters is 1. The second kappa shape index (κ2) is 11.7. The number of nitrogens with two attached hydrogens (primary N) is 2. The molecule has 5 N–H and O–H groups in total. The van der Waals surface area contributed by atoms with Gasteiger partial charge < -0.3 is 29.8 Å². The molecule has 1 aromatic heterocycles. The van der Waals surface area contributed by atoms with Gasteiger partial charge in [0.15, 0.2) is 0 Å². The summed E-state index contributed by atoms with van der Waals surface area (Å²) in [5, 5.41) is 1.37. The van der Waals surface area contributed by atoms with Gasteiger partial charge in [0, 0.05) is 56.0 Å². The lowest BCUT2D eigenvalue weighted by atomic mass is 9.82. The van der Waals surface area contributed by atoms with Crippen LogP contribution in [-0.2, 0) is 19.7 Å². The lowest BCUT2D eigenvalue weighted by Crippen LogP contribution is -2.38. The van der Waals surface area contributed by atoms with Crippen molar-refractivity contribution in [2.24, 2.45) is 5.84 Å². The first-order valence-electron chi connectivity index (χ1n) is 13.3. The topological polar surface area (TPSA) is 139 Å². The van der Waals surface area contributed by atoms with Crippen LogP contribution in [0.1, 0.15) is 49.3 Å². The van der Waals surface area contributed by atoms with Crippen molar-refractivity contribution in [1.82, 2.24) is 14.8 Å². The Hall–Kier alpha value is -3.54. The van der Waals surface area contributed by atoms with Crippen LogP contribution in [0.5, 0.6) is 5.75 Å². The number of aromatic nitrogens is 1. The molecule has 0 saturated carbocycles. The van der Waals surface area contributed by atoms with Crippen LogP contribution in [0, 0.1) is 0 Å². The Bertz CT molecular complexity index is 1210. The van der Waals surface area contributed by atoms with Crippen LogP contribution in [0.3, 0.4) is 0 Å². The number of anilines is 2. The molecular formula is C28H40N6O5. The van der Waals surface area contributed by atoms with Crippen LogP contribution in [0.4, 0.5) is 11.5 Å². The number of benzene rings is 1. The molecule has 0 aliphatic carbocycles. The second-order valence-electron chi connectivity index (χ2n) is 10.9. The number of nitrogen functional groups attached to an aromatic ring is 1. The highest BCUT2D eigenvalue weighted by molar-refractivity contribution is 6.18. The van der Waals surface area contributed by atoms with Crippen molar-refractivity contribution in [3.63, 3.8) is 0 Å². The Morgan fingerprint density at radius 2 is 1.85 bits per heavy atom. The molecule has 39 heavy (non-hydrogen) atoms. The molecule has 3 heterocycles. The molecule has 11 nitrogen and oxygen atoms in total. The minimum atomic E-state index is -0.612. The molecular weight excluding hydrogens is 500 g/mol. The van der Waals surface area contributed by atoms with Crippen LogP contribution >= 0.6 is 0 Å². The van der Waals surface area contributed by atoms with Gasteiger partial charge in [-0.3, -0.25) is 14.7 Å². The number of rotatable bonds is 8. The molecule has 4 rings (SSSR count). The molecule has 0 bridgehead atoms. The number of fused-ring (bicyclic) bond motifs is 1. The third kappa shape index (κ3) is 6.38. The number of nitrogens with zero attached hydrogens (tertiary/aromatic N) is 3. The van der Waals surface area contributed by atoms with Gasteiger partial charge in [0.05, 0.1) is 36.3 Å². The average molecular weight is 541 g/mol. The van der Waals surface area contributed by atoms with Gasteiger partial charge in [0.2, 0.25) is 0 Å². The molecule has 0 spiro atoms. The van der Waals surface area contributed by atoms with Crippen molar-refractivity contribution >= 4 is 29.0 Å². The number of carbonyl (C=O) groups excluding carboxylic acids is 2. The van der Waals surface area contributed by atoms with E-state index < -0.39 is 11.4 Å². The number of morpholine rings is 1. The number of carbonyl (C=O) groups is 2. The Balaban J connectivity index is 1.58. The molecule has 2 aliphatic heterocycles. The molecule has 1 saturated heterocycles. The number of nitrogens with one attached hydrogen (secondary N) is 1. The average Bonchev–Trinajstić information content (AvgIpc) is 3.18. The minimum absolute atomic E-state index is 0.209. The predicted octanol–water partition coefficient (Wildman–Crippen LogP) is 2.34. The van der Waals surface area contributed by atoms with Crippen molar-refractivity contribution in [3.8, 4) is 5.75 Å². The summed E-state index contributed by atoms with van der Waals surface area (Å²) in [7, 11) is 1.66. The van der Waals surface area contributed by atoms with Crippen LogP contribution in [0.15, 0.2) is 30.5 Å². The van der Waals surface area contributed by atoms with Crippen molar-refractivity contribution in [3.05, 3.63) is 47.3 Å². The maximum Gasteiger partial charge on any atom is 0.342 e. The number of amides is 1. The molecule has 0 radical (unpaired) electrons. The van der Waals surface area contributed by atoms with Crippen LogP contribution in [0.2, 0.25) is 0 Å². The van der Waals surface area contributed by atoms with Gasteiger partial charge in [0.1, 0.15) is 18.2 Å². The number of H-pyrrole nitrogens is 1. The van der Waals surface area contributed by atoms with E-state index in [1.165, 1.54) is 5.01 Å². The molecule has 1 aromatic carbocycles. The first-order valence-corrected chi connectivity index (χ1v) is 13.3. The number of hydrogen-bond donors (Lipinski definition) is 3. The van der Waals surface area contributed by atoms with E-state index in [0.717, 1.165) is 32.8 Å². The Morgan fingerprint density at radius 3 is 2.46 bits per heavy atom. The van der Waals surface area contributed by atoms with E-state index >= 15 is 0 Å². The zero-order valence-corrected chi connectivity index (χ0v) is 23.5. The number of ether oxygens (including phenoxy) is 3. The summed E-state index contributed by atoms with van der Waals surface area (Å²) in [6, 6.07) is 7.05. The monoisotopic (exact) mass is 540 g/mol. The SMILES string of the molecule is CC(C)OC(=O)C1=CN(C(=O)c2ccc(OCCN3CCOCC3)cc2)CC(C)(C)c2c1[nH]c(N(C)N)c2N. The summed E-state index contributed by atoms with van der Waals surface area (Å²) in [4.78, 5) is 34.0. The fourth-order valence-corrected chi connectivity index (χ4v) is 5.00.